The van der Waals surface area contributed by atoms with Crippen LogP contribution in [-0.2, 0) is 0 Å². The topological polar surface area (TPSA) is 86.2 Å². The van der Waals surface area contributed by atoms with Gasteiger partial charge in [-0.25, -0.2) is 0 Å². The number of carbonyl (C=O) groups excluding carboxylic acids is 2. The van der Waals surface area contributed by atoms with Crippen LogP contribution < -0.4 is 11.5 Å². The van der Waals surface area contributed by atoms with Crippen LogP contribution in [0, 0.1) is 13.8 Å². The summed E-state index contributed by atoms with van der Waals surface area (Å²) in [5.74, 6) is -0.543. The average molecular weight is 483 g/mol. The van der Waals surface area contributed by atoms with Gasteiger partial charge in [0.25, 0.3) is 0 Å². The van der Waals surface area contributed by atoms with Crippen LogP contribution in [0.4, 0.5) is 11.4 Å². The third-order valence-corrected chi connectivity index (χ3v) is 8.24. The summed E-state index contributed by atoms with van der Waals surface area (Å²) in [7, 11) is 0. The van der Waals surface area contributed by atoms with Crippen molar-refractivity contribution in [2.45, 2.75) is 33.4 Å². The Bertz CT molecular complexity index is 1350. The first-order valence-corrected chi connectivity index (χ1v) is 12.4. The van der Waals surface area contributed by atoms with Crippen molar-refractivity contribution in [2.24, 2.45) is 0 Å². The van der Waals surface area contributed by atoms with Gasteiger partial charge in [-0.2, -0.15) is 0 Å². The standard InChI is InChI=1S/C28H22N2O2S2/c1-15-7-11-17(12-8-15)33-27-23(29)21-22(26(32)20-6-4-3-5-19(20)25(21)31)24(30)28(27)34-18-13-9-16(2)10-14-18/h3-14H,29-30H2,1-2H3. The van der Waals surface area contributed by atoms with Crippen molar-refractivity contribution in [2.75, 3.05) is 11.5 Å². The molecule has 0 radical (unpaired) electrons. The first-order chi connectivity index (χ1) is 16.3. The molecule has 0 heterocycles. The van der Waals surface area contributed by atoms with E-state index in [4.69, 9.17) is 11.5 Å². The number of nitrogen functional groups attached to an aromatic ring is 2. The highest BCUT2D eigenvalue weighted by Gasteiger charge is 2.36. The van der Waals surface area contributed by atoms with Gasteiger partial charge in [0.15, 0.2) is 11.6 Å². The number of fused-ring (bicyclic) bond motifs is 2. The molecule has 0 saturated heterocycles. The van der Waals surface area contributed by atoms with Gasteiger partial charge in [-0.15, -0.1) is 0 Å². The van der Waals surface area contributed by atoms with Crippen molar-refractivity contribution >= 4 is 46.5 Å². The van der Waals surface area contributed by atoms with Gasteiger partial charge in [-0.05, 0) is 38.1 Å². The van der Waals surface area contributed by atoms with Crippen LogP contribution in [0.2, 0.25) is 0 Å². The van der Waals surface area contributed by atoms with Gasteiger partial charge in [-0.3, -0.25) is 9.59 Å². The van der Waals surface area contributed by atoms with E-state index in [1.807, 2.05) is 62.4 Å². The maximum atomic E-state index is 13.5. The van der Waals surface area contributed by atoms with Crippen molar-refractivity contribution in [3.63, 3.8) is 0 Å². The van der Waals surface area contributed by atoms with Gasteiger partial charge in [0, 0.05) is 20.9 Å². The molecule has 0 fully saturated rings. The Kier molecular flexibility index (Phi) is 5.71. The lowest BCUT2D eigenvalue weighted by molar-refractivity contribution is 0.0980. The lowest BCUT2D eigenvalue weighted by Crippen LogP contribution is -2.24. The fourth-order valence-electron chi connectivity index (χ4n) is 4.01. The molecule has 0 amide bonds. The number of rotatable bonds is 4. The maximum absolute atomic E-state index is 13.5. The minimum Gasteiger partial charge on any atom is -0.397 e. The summed E-state index contributed by atoms with van der Waals surface area (Å²) in [6.07, 6.45) is 0. The van der Waals surface area contributed by atoms with Crippen LogP contribution in [0.25, 0.3) is 0 Å². The van der Waals surface area contributed by atoms with Gasteiger partial charge in [0.1, 0.15) is 0 Å². The second-order valence-corrected chi connectivity index (χ2v) is 10.4. The molecule has 5 rings (SSSR count). The summed E-state index contributed by atoms with van der Waals surface area (Å²) in [4.78, 5) is 30.3. The summed E-state index contributed by atoms with van der Waals surface area (Å²) in [6, 6.07) is 23.0. The highest BCUT2D eigenvalue weighted by Crippen LogP contribution is 2.50. The van der Waals surface area contributed by atoms with Gasteiger partial charge < -0.3 is 11.5 Å². The zero-order valence-corrected chi connectivity index (χ0v) is 20.3. The van der Waals surface area contributed by atoms with Crippen molar-refractivity contribution < 1.29 is 9.59 Å². The largest absolute Gasteiger partial charge is 0.397 e. The monoisotopic (exact) mass is 482 g/mol. The minimum absolute atomic E-state index is 0.198. The van der Waals surface area contributed by atoms with E-state index in [1.54, 1.807) is 24.3 Å². The van der Waals surface area contributed by atoms with Gasteiger partial charge >= 0.3 is 0 Å². The summed E-state index contributed by atoms with van der Waals surface area (Å²) in [5.41, 5.74) is 17.3. The number of benzene rings is 4. The molecule has 4 nitrogen and oxygen atoms in total. The fourth-order valence-corrected chi connectivity index (χ4v) is 6.11. The molecule has 0 bridgehead atoms. The van der Waals surface area contributed by atoms with Crippen LogP contribution >= 0.6 is 23.5 Å². The molecule has 6 heteroatoms. The fraction of sp³-hybridized carbons (Fsp3) is 0.0714. The predicted molar refractivity (Wildman–Crippen MR) is 139 cm³/mol. The number of carbonyl (C=O) groups is 2. The third kappa shape index (κ3) is 3.79. The zero-order chi connectivity index (χ0) is 24.0. The molecule has 0 unspecified atom stereocenters. The minimum atomic E-state index is -0.271. The first kappa shape index (κ1) is 22.3. The summed E-state index contributed by atoms with van der Waals surface area (Å²) < 4.78 is 0. The Morgan fingerprint density at radius 2 is 0.912 bits per heavy atom. The highest BCUT2D eigenvalue weighted by atomic mass is 32.2. The maximum Gasteiger partial charge on any atom is 0.196 e. The second-order valence-electron chi connectivity index (χ2n) is 8.27. The highest BCUT2D eigenvalue weighted by molar-refractivity contribution is 8.02. The number of nitrogens with two attached hydrogens (primary N) is 2. The zero-order valence-electron chi connectivity index (χ0n) is 18.7. The third-order valence-electron chi connectivity index (χ3n) is 5.84. The summed E-state index contributed by atoms with van der Waals surface area (Å²) in [6.45, 7) is 4.06. The Labute approximate surface area is 206 Å². The molecule has 0 atom stereocenters. The van der Waals surface area contributed by atoms with Crippen molar-refractivity contribution in [3.8, 4) is 0 Å². The molecule has 1 aliphatic carbocycles. The smallest absolute Gasteiger partial charge is 0.196 e. The van der Waals surface area contributed by atoms with E-state index in [-0.39, 0.29) is 34.1 Å². The van der Waals surface area contributed by atoms with E-state index >= 15 is 0 Å². The Hall–Kier alpha value is -3.48. The van der Waals surface area contributed by atoms with Crippen LogP contribution in [0.15, 0.2) is 92.4 Å². The van der Waals surface area contributed by atoms with Crippen LogP contribution in [0.5, 0.6) is 0 Å². The van der Waals surface area contributed by atoms with Crippen molar-refractivity contribution in [1.29, 1.82) is 0 Å². The lowest BCUT2D eigenvalue weighted by atomic mass is 9.82. The van der Waals surface area contributed by atoms with E-state index in [0.717, 1.165) is 20.9 Å². The molecular formula is C28H22N2O2S2. The normalized spacial score (nSPS) is 12.4. The van der Waals surface area contributed by atoms with E-state index in [2.05, 4.69) is 0 Å². The van der Waals surface area contributed by atoms with Crippen LogP contribution in [0.1, 0.15) is 43.0 Å². The summed E-state index contributed by atoms with van der Waals surface area (Å²) >= 11 is 2.91. The first-order valence-electron chi connectivity index (χ1n) is 10.8. The lowest BCUT2D eigenvalue weighted by Gasteiger charge is -2.25. The number of aryl methyl sites for hydroxylation is 2. The second kappa shape index (κ2) is 8.70. The SMILES string of the molecule is Cc1ccc(Sc2c(N)c3c(c(N)c2Sc2ccc(C)cc2)C(=O)c2ccccc2C3=O)cc1. The van der Waals surface area contributed by atoms with E-state index in [1.165, 1.54) is 23.5 Å². The van der Waals surface area contributed by atoms with E-state index in [9.17, 15) is 9.59 Å². The predicted octanol–water partition coefficient (Wildman–Crippen LogP) is 6.55. The number of hydrogen-bond donors (Lipinski definition) is 2. The van der Waals surface area contributed by atoms with Gasteiger partial charge in [-0.1, -0.05) is 83.2 Å². The molecular weight excluding hydrogens is 460 g/mol. The molecule has 4 N–H and O–H groups in total. The quantitative estimate of drug-likeness (QED) is 0.283. The molecule has 0 saturated carbocycles. The number of anilines is 2. The summed E-state index contributed by atoms with van der Waals surface area (Å²) in [5, 5.41) is 0. The van der Waals surface area contributed by atoms with Crippen LogP contribution in [0.3, 0.4) is 0 Å². The van der Waals surface area contributed by atoms with Crippen LogP contribution in [-0.4, -0.2) is 11.6 Å². The van der Waals surface area contributed by atoms with E-state index < -0.39 is 0 Å². The Morgan fingerprint density at radius 3 is 1.26 bits per heavy atom. The molecule has 168 valence electrons. The van der Waals surface area contributed by atoms with Gasteiger partial charge in [0.2, 0.25) is 0 Å². The number of ketones is 2. The van der Waals surface area contributed by atoms with Crippen molar-refractivity contribution in [1.82, 2.24) is 0 Å². The molecule has 0 spiro atoms. The Balaban J connectivity index is 1.74. The van der Waals surface area contributed by atoms with Gasteiger partial charge in [0.05, 0.1) is 32.3 Å². The van der Waals surface area contributed by atoms with E-state index in [0.29, 0.717) is 20.9 Å². The molecule has 0 aliphatic heterocycles. The number of hydrogen-bond acceptors (Lipinski definition) is 6. The molecule has 34 heavy (non-hydrogen) atoms. The molecule has 4 aromatic rings. The Morgan fingerprint density at radius 1 is 0.559 bits per heavy atom. The molecule has 0 aromatic heterocycles. The average Bonchev–Trinajstić information content (AvgIpc) is 2.84. The molecule has 1 aliphatic rings. The van der Waals surface area contributed by atoms with Crippen molar-refractivity contribution in [3.05, 3.63) is 106 Å². The molecule has 4 aromatic carbocycles.